The van der Waals surface area contributed by atoms with Crippen molar-refractivity contribution in [3.8, 4) is 11.3 Å². The molecule has 2 amide bonds. The second-order valence-electron chi connectivity index (χ2n) is 6.73. The molecule has 0 aliphatic carbocycles. The molecule has 0 bridgehead atoms. The van der Waals surface area contributed by atoms with Crippen LogP contribution in [0.2, 0.25) is 5.02 Å². The molecule has 1 heterocycles. The zero-order chi connectivity index (χ0) is 22.0. The number of benzene rings is 2. The number of para-hydroxylation sites is 1. The van der Waals surface area contributed by atoms with Gasteiger partial charge in [0, 0.05) is 23.2 Å². The minimum absolute atomic E-state index is 0.139. The van der Waals surface area contributed by atoms with Crippen molar-refractivity contribution in [3.63, 3.8) is 0 Å². The number of nitrogens with two attached hydrogens (primary N) is 2. The van der Waals surface area contributed by atoms with E-state index in [1.54, 1.807) is 50.2 Å². The molecule has 6 N–H and O–H groups in total. The number of pyridine rings is 1. The number of primary amides is 1. The highest BCUT2D eigenvalue weighted by atomic mass is 35.5. The van der Waals surface area contributed by atoms with Gasteiger partial charge in [0.05, 0.1) is 27.5 Å². The van der Waals surface area contributed by atoms with Crippen LogP contribution < -0.4 is 16.8 Å². The van der Waals surface area contributed by atoms with E-state index in [1.165, 1.54) is 12.3 Å². The molecule has 0 saturated carbocycles. The van der Waals surface area contributed by atoms with Crippen LogP contribution in [0.4, 0.5) is 11.4 Å². The van der Waals surface area contributed by atoms with Crippen molar-refractivity contribution in [2.45, 2.75) is 13.8 Å². The van der Waals surface area contributed by atoms with Gasteiger partial charge >= 0.3 is 0 Å². The van der Waals surface area contributed by atoms with Gasteiger partial charge in [0.1, 0.15) is 0 Å². The topological polar surface area (TPSA) is 135 Å². The average Bonchev–Trinajstić information content (AvgIpc) is 2.70. The molecule has 7 nitrogen and oxygen atoms in total. The number of amides is 2. The fourth-order valence-electron chi connectivity index (χ4n) is 3.15. The number of hydrogen-bond acceptors (Lipinski definition) is 5. The number of carbonyl (C=O) groups is 2. The predicted octanol–water partition coefficient (Wildman–Crippen LogP) is 4.03. The summed E-state index contributed by atoms with van der Waals surface area (Å²) in [6, 6.07) is 11.5. The van der Waals surface area contributed by atoms with Crippen LogP contribution in [0.3, 0.4) is 0 Å². The van der Waals surface area contributed by atoms with Crippen molar-refractivity contribution < 1.29 is 9.59 Å². The van der Waals surface area contributed by atoms with Crippen molar-refractivity contribution in [3.05, 3.63) is 75.9 Å². The molecule has 0 radical (unpaired) electrons. The number of nitrogens with zero attached hydrogens (tertiary/aromatic N) is 1. The first-order valence-corrected chi connectivity index (χ1v) is 9.39. The minimum Gasteiger partial charge on any atom is -0.398 e. The van der Waals surface area contributed by atoms with Crippen molar-refractivity contribution in [2.24, 2.45) is 5.73 Å². The van der Waals surface area contributed by atoms with Crippen molar-refractivity contribution in [2.75, 3.05) is 11.1 Å². The van der Waals surface area contributed by atoms with Crippen LogP contribution in [0.1, 0.15) is 38.8 Å². The number of anilines is 2. The Balaban J connectivity index is 2.09. The summed E-state index contributed by atoms with van der Waals surface area (Å²) in [5.74, 6) is -1.20. The van der Waals surface area contributed by atoms with Gasteiger partial charge in [0.15, 0.2) is 0 Å². The molecular weight excluding hydrogens is 402 g/mol. The van der Waals surface area contributed by atoms with Crippen LogP contribution in [0.5, 0.6) is 0 Å². The molecule has 0 saturated heterocycles. The molecule has 8 heteroatoms. The van der Waals surface area contributed by atoms with Crippen molar-refractivity contribution in [1.82, 2.24) is 4.98 Å². The molecule has 0 atom stereocenters. The van der Waals surface area contributed by atoms with Gasteiger partial charge in [0.2, 0.25) is 0 Å². The summed E-state index contributed by atoms with van der Waals surface area (Å²) in [4.78, 5) is 29.3. The molecule has 0 spiro atoms. The minimum atomic E-state index is -0.694. The SMILES string of the molecule is CC(=N)c1ccc(C(=O)Nc2c(C(N)=O)cccc2-c2ccc(Cl)cn2)c(N)c1C. The Kier molecular flexibility index (Phi) is 5.84. The van der Waals surface area contributed by atoms with Gasteiger partial charge in [-0.1, -0.05) is 29.8 Å². The number of hydrogen-bond donors (Lipinski definition) is 4. The van der Waals surface area contributed by atoms with Gasteiger partial charge in [-0.15, -0.1) is 0 Å². The molecule has 152 valence electrons. The third-order valence-electron chi connectivity index (χ3n) is 4.74. The Morgan fingerprint density at radius 2 is 1.77 bits per heavy atom. The summed E-state index contributed by atoms with van der Waals surface area (Å²) in [5, 5.41) is 11.0. The van der Waals surface area contributed by atoms with Crippen LogP contribution in [0.15, 0.2) is 48.7 Å². The van der Waals surface area contributed by atoms with E-state index < -0.39 is 11.8 Å². The maximum atomic E-state index is 13.0. The van der Waals surface area contributed by atoms with Gasteiger partial charge in [0.25, 0.3) is 11.8 Å². The monoisotopic (exact) mass is 421 g/mol. The largest absolute Gasteiger partial charge is 0.398 e. The lowest BCUT2D eigenvalue weighted by molar-refractivity contribution is 0.100. The first-order valence-electron chi connectivity index (χ1n) is 9.01. The Morgan fingerprint density at radius 3 is 2.37 bits per heavy atom. The van der Waals surface area contributed by atoms with E-state index in [0.29, 0.717) is 33.1 Å². The van der Waals surface area contributed by atoms with Crippen molar-refractivity contribution in [1.29, 1.82) is 5.41 Å². The number of nitrogens with one attached hydrogen (secondary N) is 2. The van der Waals surface area contributed by atoms with Crippen LogP contribution in [0, 0.1) is 12.3 Å². The highest BCUT2D eigenvalue weighted by Crippen LogP contribution is 2.32. The number of rotatable bonds is 5. The quantitative estimate of drug-likeness (QED) is 0.365. The molecule has 1 aromatic heterocycles. The summed E-state index contributed by atoms with van der Waals surface area (Å²) in [6.07, 6.45) is 1.47. The maximum absolute atomic E-state index is 13.0. The highest BCUT2D eigenvalue weighted by Gasteiger charge is 2.20. The fraction of sp³-hybridized carbons (Fsp3) is 0.0909. The summed E-state index contributed by atoms with van der Waals surface area (Å²) < 4.78 is 0. The Bertz CT molecular complexity index is 1170. The van der Waals surface area contributed by atoms with Gasteiger partial charge in [-0.25, -0.2) is 0 Å². The van der Waals surface area contributed by atoms with E-state index in [0.717, 1.165) is 0 Å². The number of nitrogen functional groups attached to an aromatic ring is 1. The third-order valence-corrected chi connectivity index (χ3v) is 4.96. The fourth-order valence-corrected chi connectivity index (χ4v) is 3.27. The predicted molar refractivity (Wildman–Crippen MR) is 119 cm³/mol. The normalized spacial score (nSPS) is 10.5. The van der Waals surface area contributed by atoms with Crippen LogP contribution in [-0.2, 0) is 0 Å². The first-order chi connectivity index (χ1) is 14.2. The van der Waals surface area contributed by atoms with E-state index in [1.807, 2.05) is 0 Å². The molecule has 0 fully saturated rings. The molecule has 0 aliphatic rings. The molecule has 3 aromatic rings. The first kappa shape index (κ1) is 21.0. The van der Waals surface area contributed by atoms with E-state index in [4.69, 9.17) is 28.5 Å². The number of aromatic nitrogens is 1. The summed E-state index contributed by atoms with van der Waals surface area (Å²) >= 11 is 5.92. The lowest BCUT2D eigenvalue weighted by atomic mass is 9.98. The number of carbonyl (C=O) groups excluding carboxylic acids is 2. The standard InChI is InChI=1S/C22H20ClN5O2/c1-11-14(12(2)24)7-8-16(19(11)25)22(30)28-20-15(4-3-5-17(20)21(26)29)18-9-6-13(23)10-27-18/h3-10,24H,25H2,1-2H3,(H2,26,29)(H,28,30). The average molecular weight is 422 g/mol. The molecular formula is C22H20ClN5O2. The molecule has 2 aromatic carbocycles. The van der Waals surface area contributed by atoms with Crippen molar-refractivity contribution >= 4 is 40.5 Å². The Morgan fingerprint density at radius 1 is 1.07 bits per heavy atom. The summed E-state index contributed by atoms with van der Waals surface area (Å²) in [5.41, 5.74) is 15.2. The van der Waals surface area contributed by atoms with E-state index in [2.05, 4.69) is 10.3 Å². The smallest absolute Gasteiger partial charge is 0.257 e. The van der Waals surface area contributed by atoms with E-state index in [-0.39, 0.29) is 22.5 Å². The second-order valence-corrected chi connectivity index (χ2v) is 7.17. The highest BCUT2D eigenvalue weighted by molar-refractivity contribution is 6.30. The summed E-state index contributed by atoms with van der Waals surface area (Å²) in [7, 11) is 0. The zero-order valence-corrected chi connectivity index (χ0v) is 17.2. The summed E-state index contributed by atoms with van der Waals surface area (Å²) in [6.45, 7) is 3.40. The Hall–Kier alpha value is -3.71. The van der Waals surface area contributed by atoms with Gasteiger partial charge in [-0.2, -0.15) is 0 Å². The van der Waals surface area contributed by atoms with Gasteiger partial charge in [-0.3, -0.25) is 14.6 Å². The lowest BCUT2D eigenvalue weighted by Crippen LogP contribution is -2.20. The molecule has 30 heavy (non-hydrogen) atoms. The van der Waals surface area contributed by atoms with Gasteiger partial charge in [-0.05, 0) is 49.2 Å². The molecule has 3 rings (SSSR count). The third kappa shape index (κ3) is 4.01. The second kappa shape index (κ2) is 8.34. The zero-order valence-electron chi connectivity index (χ0n) is 16.4. The molecule has 0 aliphatic heterocycles. The number of halogens is 1. The van der Waals surface area contributed by atoms with Crippen LogP contribution in [0.25, 0.3) is 11.3 Å². The van der Waals surface area contributed by atoms with Crippen LogP contribution in [-0.4, -0.2) is 22.5 Å². The Labute approximate surface area is 178 Å². The molecule has 0 unspecified atom stereocenters. The van der Waals surface area contributed by atoms with E-state index >= 15 is 0 Å². The maximum Gasteiger partial charge on any atom is 0.257 e. The van der Waals surface area contributed by atoms with Gasteiger partial charge < -0.3 is 22.2 Å². The van der Waals surface area contributed by atoms with Crippen LogP contribution >= 0.6 is 11.6 Å². The van der Waals surface area contributed by atoms with E-state index in [9.17, 15) is 9.59 Å². The lowest BCUT2D eigenvalue weighted by Gasteiger charge is -2.16.